The molecular formula is C15H19NO2. The summed E-state index contributed by atoms with van der Waals surface area (Å²) in [4.78, 5) is 0. The van der Waals surface area contributed by atoms with Gasteiger partial charge in [0.05, 0.1) is 18.3 Å². The van der Waals surface area contributed by atoms with Crippen LogP contribution in [0, 0.1) is 6.92 Å². The van der Waals surface area contributed by atoms with Crippen molar-refractivity contribution in [1.82, 2.24) is 0 Å². The molecule has 0 aliphatic carbocycles. The molecular weight excluding hydrogens is 226 g/mol. The maximum Gasteiger partial charge on any atom is 0.142 e. The normalized spacial score (nSPS) is 10.7. The Kier molecular flexibility index (Phi) is 3.92. The Morgan fingerprint density at radius 1 is 1.17 bits per heavy atom. The first-order valence-corrected chi connectivity index (χ1v) is 6.20. The molecule has 2 rings (SSSR count). The van der Waals surface area contributed by atoms with Crippen molar-refractivity contribution < 1.29 is 9.15 Å². The summed E-state index contributed by atoms with van der Waals surface area (Å²) in [6.45, 7) is 6.64. The summed E-state index contributed by atoms with van der Waals surface area (Å²) < 4.78 is 11.3. The van der Waals surface area contributed by atoms with Crippen molar-refractivity contribution in [3.05, 3.63) is 47.9 Å². The molecule has 0 spiro atoms. The number of rotatable bonds is 5. The van der Waals surface area contributed by atoms with Crippen molar-refractivity contribution in [2.24, 2.45) is 0 Å². The highest BCUT2D eigenvalue weighted by Gasteiger charge is 2.05. The van der Waals surface area contributed by atoms with Crippen LogP contribution in [0.1, 0.15) is 25.4 Å². The van der Waals surface area contributed by atoms with Crippen LogP contribution in [0.25, 0.3) is 0 Å². The Bertz CT molecular complexity index is 503. The van der Waals surface area contributed by atoms with Crippen LogP contribution in [-0.2, 0) is 6.54 Å². The number of furan rings is 1. The molecule has 0 saturated carbocycles. The van der Waals surface area contributed by atoms with E-state index in [1.807, 2.05) is 57.2 Å². The molecule has 1 N–H and O–H groups in total. The molecule has 18 heavy (non-hydrogen) atoms. The summed E-state index contributed by atoms with van der Waals surface area (Å²) in [5.41, 5.74) is 0.986. The van der Waals surface area contributed by atoms with Gasteiger partial charge in [0.1, 0.15) is 17.3 Å². The Labute approximate surface area is 108 Å². The van der Waals surface area contributed by atoms with E-state index in [1.54, 1.807) is 0 Å². The topological polar surface area (TPSA) is 34.4 Å². The average Bonchev–Trinajstić information content (AvgIpc) is 2.73. The van der Waals surface area contributed by atoms with E-state index in [0.717, 1.165) is 23.0 Å². The van der Waals surface area contributed by atoms with Gasteiger partial charge in [-0.1, -0.05) is 12.1 Å². The van der Waals surface area contributed by atoms with E-state index in [0.29, 0.717) is 6.54 Å². The minimum atomic E-state index is 0.166. The Morgan fingerprint density at radius 3 is 2.61 bits per heavy atom. The van der Waals surface area contributed by atoms with Gasteiger partial charge in [-0.3, -0.25) is 0 Å². The van der Waals surface area contributed by atoms with Gasteiger partial charge in [0.25, 0.3) is 0 Å². The van der Waals surface area contributed by atoms with E-state index >= 15 is 0 Å². The zero-order valence-electron chi connectivity index (χ0n) is 11.1. The van der Waals surface area contributed by atoms with Gasteiger partial charge in [0, 0.05) is 0 Å². The van der Waals surface area contributed by atoms with Gasteiger partial charge in [0.15, 0.2) is 0 Å². The monoisotopic (exact) mass is 245 g/mol. The lowest BCUT2D eigenvalue weighted by Gasteiger charge is -2.14. The maximum atomic E-state index is 5.75. The van der Waals surface area contributed by atoms with E-state index in [1.165, 1.54) is 0 Å². The number of anilines is 1. The summed E-state index contributed by atoms with van der Waals surface area (Å²) in [5.74, 6) is 2.72. The second-order valence-corrected chi connectivity index (χ2v) is 4.53. The first kappa shape index (κ1) is 12.6. The second-order valence-electron chi connectivity index (χ2n) is 4.53. The average molecular weight is 245 g/mol. The van der Waals surface area contributed by atoms with Gasteiger partial charge in [-0.15, -0.1) is 0 Å². The third kappa shape index (κ3) is 3.29. The Hall–Kier alpha value is -1.90. The fourth-order valence-corrected chi connectivity index (χ4v) is 1.73. The van der Waals surface area contributed by atoms with Crippen LogP contribution in [0.5, 0.6) is 5.75 Å². The fourth-order valence-electron chi connectivity index (χ4n) is 1.73. The highest BCUT2D eigenvalue weighted by Crippen LogP contribution is 2.25. The first-order valence-electron chi connectivity index (χ1n) is 6.20. The van der Waals surface area contributed by atoms with E-state index in [-0.39, 0.29) is 6.10 Å². The molecule has 0 saturated heterocycles. The second kappa shape index (κ2) is 5.63. The zero-order valence-corrected chi connectivity index (χ0v) is 11.1. The molecule has 0 aliphatic heterocycles. The van der Waals surface area contributed by atoms with Crippen LogP contribution in [0.3, 0.4) is 0 Å². The standard InChI is InChI=1S/C15H19NO2/c1-11(2)17-15-7-5-4-6-14(15)16-10-13-9-8-12(3)18-13/h4-9,11,16H,10H2,1-3H3. The number of hydrogen-bond acceptors (Lipinski definition) is 3. The van der Waals surface area contributed by atoms with Crippen molar-refractivity contribution in [3.8, 4) is 5.75 Å². The van der Waals surface area contributed by atoms with Crippen molar-refractivity contribution in [2.45, 2.75) is 33.4 Å². The number of nitrogens with one attached hydrogen (secondary N) is 1. The molecule has 1 aromatic heterocycles. The summed E-state index contributed by atoms with van der Waals surface area (Å²) in [6, 6.07) is 11.9. The molecule has 96 valence electrons. The zero-order chi connectivity index (χ0) is 13.0. The Balaban J connectivity index is 2.04. The van der Waals surface area contributed by atoms with Gasteiger partial charge >= 0.3 is 0 Å². The number of ether oxygens (including phenoxy) is 1. The predicted octanol–water partition coefficient (Wildman–Crippen LogP) is 3.99. The van der Waals surface area contributed by atoms with Crippen LogP contribution >= 0.6 is 0 Å². The van der Waals surface area contributed by atoms with Gasteiger partial charge in [-0.05, 0) is 45.0 Å². The van der Waals surface area contributed by atoms with Gasteiger partial charge in [-0.25, -0.2) is 0 Å². The largest absolute Gasteiger partial charge is 0.489 e. The van der Waals surface area contributed by atoms with Crippen molar-refractivity contribution in [1.29, 1.82) is 0 Å². The Morgan fingerprint density at radius 2 is 1.94 bits per heavy atom. The molecule has 2 aromatic rings. The number of aryl methyl sites for hydroxylation is 1. The SMILES string of the molecule is Cc1ccc(CNc2ccccc2OC(C)C)o1. The molecule has 0 aliphatic rings. The third-order valence-corrected chi connectivity index (χ3v) is 2.50. The third-order valence-electron chi connectivity index (χ3n) is 2.50. The van der Waals surface area contributed by atoms with E-state index in [4.69, 9.17) is 9.15 Å². The summed E-state index contributed by atoms with van der Waals surface area (Å²) >= 11 is 0. The highest BCUT2D eigenvalue weighted by atomic mass is 16.5. The van der Waals surface area contributed by atoms with Gasteiger partial charge < -0.3 is 14.5 Å². The molecule has 0 unspecified atom stereocenters. The number of para-hydroxylation sites is 2. The lowest BCUT2D eigenvalue weighted by atomic mass is 10.3. The van der Waals surface area contributed by atoms with Crippen LogP contribution in [0.4, 0.5) is 5.69 Å². The summed E-state index contributed by atoms with van der Waals surface area (Å²) in [6.07, 6.45) is 0.166. The van der Waals surface area contributed by atoms with Crippen LogP contribution in [0.15, 0.2) is 40.8 Å². The van der Waals surface area contributed by atoms with Crippen molar-refractivity contribution in [3.63, 3.8) is 0 Å². The minimum absolute atomic E-state index is 0.166. The quantitative estimate of drug-likeness (QED) is 0.865. The molecule has 1 heterocycles. The van der Waals surface area contributed by atoms with E-state index in [2.05, 4.69) is 5.32 Å². The fraction of sp³-hybridized carbons (Fsp3) is 0.333. The van der Waals surface area contributed by atoms with Crippen LogP contribution in [-0.4, -0.2) is 6.10 Å². The smallest absolute Gasteiger partial charge is 0.142 e. The number of hydrogen-bond donors (Lipinski definition) is 1. The molecule has 3 nitrogen and oxygen atoms in total. The molecule has 0 bridgehead atoms. The molecule has 0 fully saturated rings. The van der Waals surface area contributed by atoms with E-state index in [9.17, 15) is 0 Å². The predicted molar refractivity (Wildman–Crippen MR) is 73.0 cm³/mol. The van der Waals surface area contributed by atoms with E-state index < -0.39 is 0 Å². The van der Waals surface area contributed by atoms with Crippen molar-refractivity contribution >= 4 is 5.69 Å². The van der Waals surface area contributed by atoms with Gasteiger partial charge in [0.2, 0.25) is 0 Å². The first-order chi connectivity index (χ1) is 8.65. The molecule has 0 radical (unpaired) electrons. The molecule has 0 amide bonds. The van der Waals surface area contributed by atoms with Crippen LogP contribution in [0.2, 0.25) is 0 Å². The molecule has 1 aromatic carbocycles. The maximum absolute atomic E-state index is 5.75. The lowest BCUT2D eigenvalue weighted by Crippen LogP contribution is -2.08. The van der Waals surface area contributed by atoms with Crippen LogP contribution < -0.4 is 10.1 Å². The minimum Gasteiger partial charge on any atom is -0.489 e. The number of benzene rings is 1. The summed E-state index contributed by atoms with van der Waals surface area (Å²) in [7, 11) is 0. The van der Waals surface area contributed by atoms with Gasteiger partial charge in [-0.2, -0.15) is 0 Å². The summed E-state index contributed by atoms with van der Waals surface area (Å²) in [5, 5.41) is 3.33. The molecule has 0 atom stereocenters. The lowest BCUT2D eigenvalue weighted by molar-refractivity contribution is 0.243. The highest BCUT2D eigenvalue weighted by molar-refractivity contribution is 5.56. The van der Waals surface area contributed by atoms with Crippen molar-refractivity contribution in [2.75, 3.05) is 5.32 Å². The molecule has 3 heteroatoms.